The highest BCUT2D eigenvalue weighted by Gasteiger charge is 2.30. The maximum absolute atomic E-state index is 13.8. The third-order valence-electron chi connectivity index (χ3n) is 5.80. The Hall–Kier alpha value is -3.59. The number of thiocarbonyl (C=S) groups is 1. The fourth-order valence-electron chi connectivity index (χ4n) is 3.95. The van der Waals surface area contributed by atoms with E-state index in [0.29, 0.717) is 11.1 Å². The number of ether oxygens (including phenoxy) is 3. The van der Waals surface area contributed by atoms with Crippen molar-refractivity contribution in [1.82, 2.24) is 4.98 Å². The van der Waals surface area contributed by atoms with Crippen LogP contribution < -0.4 is 9.47 Å². The second-order valence-corrected chi connectivity index (χ2v) is 8.79. The molecule has 0 saturated carbocycles. The number of rotatable bonds is 10. The quantitative estimate of drug-likeness (QED) is 0.214. The first-order valence-electron chi connectivity index (χ1n) is 11.2. The molecule has 1 heterocycles. The van der Waals surface area contributed by atoms with Crippen molar-refractivity contribution >= 4 is 23.1 Å². The molecule has 3 atom stereocenters. The summed E-state index contributed by atoms with van der Waals surface area (Å²) in [6, 6.07) is 11.4. The molecule has 0 aliphatic rings. The molecule has 1 aromatic heterocycles. The first kappa shape index (κ1) is 27.0. The number of carbonyl (C=O) groups is 1. The molecule has 9 heteroatoms. The van der Waals surface area contributed by atoms with E-state index in [2.05, 4.69) is 4.98 Å². The third kappa shape index (κ3) is 6.15. The van der Waals surface area contributed by atoms with E-state index in [-0.39, 0.29) is 34.2 Å². The number of aromatic hydroxyl groups is 1. The Balaban J connectivity index is 1.82. The van der Waals surface area contributed by atoms with Crippen LogP contribution in [0.2, 0.25) is 0 Å². The van der Waals surface area contributed by atoms with Gasteiger partial charge >= 0.3 is 5.97 Å². The average molecular weight is 516 g/mol. The standard InChI is InChI=1S/C27H27F2NO5S/c1-15(13-23(36)25-26(31)21(33-3)11-12-30-25)27(32)35-16(2)24(17-5-7-18(28)8-6-17)20-10-9-19(29)14-22(20)34-4/h5-12,14-16,24,31H,13H2,1-4H3/t15-,16+,24-/m1/s1. The molecule has 0 radical (unpaired) electrons. The number of nitrogens with zero attached hydrogens (tertiary/aromatic N) is 1. The van der Waals surface area contributed by atoms with Crippen molar-refractivity contribution in [2.75, 3.05) is 14.2 Å². The van der Waals surface area contributed by atoms with Crippen LogP contribution >= 0.6 is 12.2 Å². The number of pyridine rings is 1. The van der Waals surface area contributed by atoms with Gasteiger partial charge in [0.2, 0.25) is 0 Å². The molecule has 0 bridgehead atoms. The van der Waals surface area contributed by atoms with Crippen LogP contribution in [0.1, 0.15) is 43.0 Å². The van der Waals surface area contributed by atoms with Crippen molar-refractivity contribution in [3.05, 3.63) is 83.2 Å². The highest BCUT2D eigenvalue weighted by molar-refractivity contribution is 7.80. The van der Waals surface area contributed by atoms with Crippen LogP contribution in [0, 0.1) is 17.6 Å². The molecule has 0 unspecified atom stereocenters. The second-order valence-electron chi connectivity index (χ2n) is 8.30. The van der Waals surface area contributed by atoms with Gasteiger partial charge in [-0.2, -0.15) is 0 Å². The van der Waals surface area contributed by atoms with Crippen LogP contribution in [0.25, 0.3) is 0 Å². The van der Waals surface area contributed by atoms with Crippen molar-refractivity contribution in [1.29, 1.82) is 0 Å². The summed E-state index contributed by atoms with van der Waals surface area (Å²) in [5.74, 6) is -2.33. The average Bonchev–Trinajstić information content (AvgIpc) is 2.86. The molecule has 190 valence electrons. The molecule has 6 nitrogen and oxygen atoms in total. The number of esters is 1. The Morgan fingerprint density at radius 2 is 1.64 bits per heavy atom. The molecule has 3 rings (SSSR count). The van der Waals surface area contributed by atoms with Crippen LogP contribution in [0.15, 0.2) is 54.7 Å². The Bertz CT molecular complexity index is 1240. The minimum Gasteiger partial charge on any atom is -0.503 e. The van der Waals surface area contributed by atoms with E-state index in [4.69, 9.17) is 26.4 Å². The van der Waals surface area contributed by atoms with Gasteiger partial charge in [0.15, 0.2) is 11.5 Å². The van der Waals surface area contributed by atoms with Crippen molar-refractivity contribution in [2.24, 2.45) is 5.92 Å². The first-order chi connectivity index (χ1) is 17.2. The van der Waals surface area contributed by atoms with Gasteiger partial charge in [-0.1, -0.05) is 37.3 Å². The van der Waals surface area contributed by atoms with Gasteiger partial charge in [0.1, 0.15) is 29.2 Å². The van der Waals surface area contributed by atoms with E-state index < -0.39 is 35.5 Å². The van der Waals surface area contributed by atoms with E-state index in [1.165, 1.54) is 50.7 Å². The number of methoxy groups -OCH3 is 2. The molecule has 0 amide bonds. The first-order valence-corrected chi connectivity index (χ1v) is 11.6. The predicted molar refractivity (Wildman–Crippen MR) is 135 cm³/mol. The third-order valence-corrected chi connectivity index (χ3v) is 6.16. The Labute approximate surface area is 213 Å². The Morgan fingerprint density at radius 3 is 2.28 bits per heavy atom. The minimum atomic E-state index is -0.721. The van der Waals surface area contributed by atoms with Gasteiger partial charge in [0.25, 0.3) is 0 Å². The smallest absolute Gasteiger partial charge is 0.309 e. The summed E-state index contributed by atoms with van der Waals surface area (Å²) in [5, 5.41) is 10.3. The lowest BCUT2D eigenvalue weighted by atomic mass is 9.86. The monoisotopic (exact) mass is 515 g/mol. The second kappa shape index (κ2) is 11.9. The summed E-state index contributed by atoms with van der Waals surface area (Å²) in [5.41, 5.74) is 1.41. The predicted octanol–water partition coefficient (Wildman–Crippen LogP) is 5.59. The SMILES string of the molecule is COc1cc(F)ccc1[C@@H](c1ccc(F)cc1)[C@H](C)OC(=O)[C@H](C)CC(=S)c1nccc(OC)c1O. The lowest BCUT2D eigenvalue weighted by Gasteiger charge is -2.27. The topological polar surface area (TPSA) is 77.9 Å². The summed E-state index contributed by atoms with van der Waals surface area (Å²) in [6.07, 6.45) is 0.839. The molecule has 0 aliphatic heterocycles. The fraction of sp³-hybridized carbons (Fsp3) is 0.296. The number of benzene rings is 2. The largest absolute Gasteiger partial charge is 0.503 e. The van der Waals surface area contributed by atoms with Gasteiger partial charge in [-0.3, -0.25) is 9.78 Å². The molecule has 0 aliphatic carbocycles. The lowest BCUT2D eigenvalue weighted by Crippen LogP contribution is -2.28. The Morgan fingerprint density at radius 1 is 1.00 bits per heavy atom. The lowest BCUT2D eigenvalue weighted by molar-refractivity contribution is -0.153. The summed E-state index contributed by atoms with van der Waals surface area (Å²) in [4.78, 5) is 17.4. The van der Waals surface area contributed by atoms with Crippen molar-refractivity contribution in [2.45, 2.75) is 32.3 Å². The van der Waals surface area contributed by atoms with Gasteiger partial charge in [-0.15, -0.1) is 0 Å². The number of carbonyl (C=O) groups excluding carboxylic acids is 1. The van der Waals surface area contributed by atoms with Gasteiger partial charge in [-0.05, 0) is 37.1 Å². The molecular formula is C27H27F2NO5S. The summed E-state index contributed by atoms with van der Waals surface area (Å²) in [6.45, 7) is 3.36. The van der Waals surface area contributed by atoms with Crippen LogP contribution in [-0.4, -0.2) is 41.2 Å². The molecule has 36 heavy (non-hydrogen) atoms. The minimum absolute atomic E-state index is 0.107. The van der Waals surface area contributed by atoms with Crippen LogP contribution in [-0.2, 0) is 9.53 Å². The molecule has 0 spiro atoms. The fourth-order valence-corrected chi connectivity index (χ4v) is 4.35. The Kier molecular flexibility index (Phi) is 8.93. The van der Waals surface area contributed by atoms with Gasteiger partial charge < -0.3 is 19.3 Å². The molecular weight excluding hydrogens is 488 g/mol. The van der Waals surface area contributed by atoms with Crippen LogP contribution in [0.5, 0.6) is 17.2 Å². The zero-order valence-electron chi connectivity index (χ0n) is 20.3. The van der Waals surface area contributed by atoms with Crippen LogP contribution in [0.3, 0.4) is 0 Å². The number of hydrogen-bond donors (Lipinski definition) is 1. The maximum atomic E-state index is 13.8. The highest BCUT2D eigenvalue weighted by Crippen LogP contribution is 2.37. The maximum Gasteiger partial charge on any atom is 0.309 e. The summed E-state index contributed by atoms with van der Waals surface area (Å²) < 4.78 is 43.7. The zero-order chi connectivity index (χ0) is 26.4. The van der Waals surface area contributed by atoms with Gasteiger partial charge in [0, 0.05) is 34.7 Å². The summed E-state index contributed by atoms with van der Waals surface area (Å²) in [7, 11) is 2.83. The van der Waals surface area contributed by atoms with E-state index in [0.717, 1.165) is 0 Å². The van der Waals surface area contributed by atoms with Crippen molar-refractivity contribution in [3.63, 3.8) is 0 Å². The molecule has 1 N–H and O–H groups in total. The van der Waals surface area contributed by atoms with Gasteiger partial charge in [-0.25, -0.2) is 8.78 Å². The number of hydrogen-bond acceptors (Lipinski definition) is 7. The van der Waals surface area contributed by atoms with E-state index >= 15 is 0 Å². The van der Waals surface area contributed by atoms with E-state index in [9.17, 15) is 18.7 Å². The number of halogens is 2. The highest BCUT2D eigenvalue weighted by atomic mass is 32.1. The summed E-state index contributed by atoms with van der Waals surface area (Å²) >= 11 is 5.41. The van der Waals surface area contributed by atoms with Crippen LogP contribution in [0.4, 0.5) is 8.78 Å². The molecule has 2 aromatic carbocycles. The molecule has 0 fully saturated rings. The zero-order valence-corrected chi connectivity index (χ0v) is 21.1. The van der Waals surface area contributed by atoms with Crippen molar-refractivity contribution < 1.29 is 32.9 Å². The van der Waals surface area contributed by atoms with Crippen molar-refractivity contribution in [3.8, 4) is 17.2 Å². The van der Waals surface area contributed by atoms with E-state index in [1.54, 1.807) is 32.0 Å². The molecule has 0 saturated heterocycles. The molecule has 3 aromatic rings. The van der Waals surface area contributed by atoms with E-state index in [1.807, 2.05) is 0 Å². The normalized spacial score (nSPS) is 13.4. The number of aromatic nitrogens is 1. The van der Waals surface area contributed by atoms with Gasteiger partial charge in [0.05, 0.1) is 20.1 Å².